The van der Waals surface area contributed by atoms with Gasteiger partial charge < -0.3 is 5.32 Å². The zero-order valence-corrected chi connectivity index (χ0v) is 18.8. The smallest absolute Gasteiger partial charge is 0.288 e. The molecule has 2 heterocycles. The SMILES string of the molecule is CC1CCN(Cc2ccc(CNC(=O)C3=NC(C)C(=O)N(c4ccccc4)N3)cc2)CC1. The molecule has 0 aromatic heterocycles. The summed E-state index contributed by atoms with van der Waals surface area (Å²) in [6, 6.07) is 16.9. The molecule has 168 valence electrons. The van der Waals surface area contributed by atoms with Crippen molar-refractivity contribution in [2.24, 2.45) is 10.9 Å². The molecule has 0 saturated carbocycles. The van der Waals surface area contributed by atoms with Gasteiger partial charge in [-0.1, -0.05) is 49.4 Å². The van der Waals surface area contributed by atoms with Crippen LogP contribution in [0, 0.1) is 5.92 Å². The Morgan fingerprint density at radius 2 is 1.69 bits per heavy atom. The highest BCUT2D eigenvalue weighted by atomic mass is 16.2. The van der Waals surface area contributed by atoms with Gasteiger partial charge in [0.1, 0.15) is 6.04 Å². The van der Waals surface area contributed by atoms with Crippen molar-refractivity contribution in [2.75, 3.05) is 18.1 Å². The van der Waals surface area contributed by atoms with Crippen molar-refractivity contribution in [1.82, 2.24) is 15.6 Å². The van der Waals surface area contributed by atoms with Gasteiger partial charge in [0, 0.05) is 13.1 Å². The lowest BCUT2D eigenvalue weighted by molar-refractivity contribution is -0.120. The molecule has 4 rings (SSSR count). The predicted octanol–water partition coefficient (Wildman–Crippen LogP) is 2.87. The average molecular weight is 434 g/mol. The van der Waals surface area contributed by atoms with Crippen molar-refractivity contribution in [2.45, 2.75) is 45.8 Å². The van der Waals surface area contributed by atoms with Gasteiger partial charge in [-0.15, -0.1) is 0 Å². The van der Waals surface area contributed by atoms with Crippen molar-refractivity contribution in [1.29, 1.82) is 0 Å². The molecule has 2 aliphatic rings. The first-order chi connectivity index (χ1) is 15.5. The van der Waals surface area contributed by atoms with E-state index in [4.69, 9.17) is 0 Å². The fraction of sp³-hybridized carbons (Fsp3) is 0.400. The molecule has 7 nitrogen and oxygen atoms in total. The van der Waals surface area contributed by atoms with Gasteiger partial charge in [-0.2, -0.15) is 0 Å². The van der Waals surface area contributed by atoms with E-state index >= 15 is 0 Å². The molecular formula is C25H31N5O2. The molecule has 1 fully saturated rings. The maximum absolute atomic E-state index is 12.7. The maximum Gasteiger partial charge on any atom is 0.288 e. The molecule has 1 atom stereocenters. The largest absolute Gasteiger partial charge is 0.345 e. The molecule has 2 aromatic rings. The van der Waals surface area contributed by atoms with E-state index in [0.717, 1.165) is 31.1 Å². The number of rotatable bonds is 6. The Balaban J connectivity index is 1.32. The number of amidine groups is 1. The van der Waals surface area contributed by atoms with Crippen molar-refractivity contribution in [3.05, 3.63) is 65.7 Å². The summed E-state index contributed by atoms with van der Waals surface area (Å²) < 4.78 is 0. The molecule has 32 heavy (non-hydrogen) atoms. The number of hydrazine groups is 1. The quantitative estimate of drug-likeness (QED) is 0.735. The summed E-state index contributed by atoms with van der Waals surface area (Å²) in [6.07, 6.45) is 2.54. The number of aliphatic imine (C=N–C) groups is 1. The van der Waals surface area contributed by atoms with Crippen molar-refractivity contribution in [3.8, 4) is 0 Å². The molecule has 2 N–H and O–H groups in total. The number of hydrogen-bond donors (Lipinski definition) is 2. The highest BCUT2D eigenvalue weighted by Crippen LogP contribution is 2.19. The van der Waals surface area contributed by atoms with E-state index in [0.29, 0.717) is 12.2 Å². The van der Waals surface area contributed by atoms with Crippen LogP contribution in [0.15, 0.2) is 59.6 Å². The van der Waals surface area contributed by atoms with Crippen molar-refractivity contribution in [3.63, 3.8) is 0 Å². The number of carbonyl (C=O) groups excluding carboxylic acids is 2. The number of anilines is 1. The number of nitrogens with one attached hydrogen (secondary N) is 2. The third kappa shape index (κ3) is 5.34. The van der Waals surface area contributed by atoms with Gasteiger partial charge >= 0.3 is 0 Å². The predicted molar refractivity (Wildman–Crippen MR) is 126 cm³/mol. The molecule has 0 aliphatic carbocycles. The monoisotopic (exact) mass is 433 g/mol. The van der Waals surface area contributed by atoms with Crippen LogP contribution in [0.5, 0.6) is 0 Å². The number of carbonyl (C=O) groups is 2. The molecule has 0 bridgehead atoms. The standard InChI is InChI=1S/C25H31N5O2/c1-18-12-14-29(15-13-18)17-21-10-8-20(9-11-21)16-26-24(31)23-27-19(2)25(32)30(28-23)22-6-4-3-5-7-22/h3-11,18-19H,12-17H2,1-2H3,(H,26,31)(H,27,28). The summed E-state index contributed by atoms with van der Waals surface area (Å²) in [7, 11) is 0. The fourth-order valence-electron chi connectivity index (χ4n) is 4.01. The van der Waals surface area contributed by atoms with Crippen LogP contribution in [0.4, 0.5) is 5.69 Å². The number of nitrogens with zero attached hydrogens (tertiary/aromatic N) is 3. The van der Waals surface area contributed by atoms with E-state index in [9.17, 15) is 9.59 Å². The normalized spacial score (nSPS) is 19.9. The molecular weight excluding hydrogens is 402 g/mol. The molecule has 2 aliphatic heterocycles. The lowest BCUT2D eigenvalue weighted by Gasteiger charge is -2.30. The molecule has 2 aromatic carbocycles. The Morgan fingerprint density at radius 3 is 2.38 bits per heavy atom. The second kappa shape index (κ2) is 9.96. The molecule has 0 radical (unpaired) electrons. The van der Waals surface area contributed by atoms with E-state index in [2.05, 4.69) is 51.8 Å². The molecule has 7 heteroatoms. The number of amides is 2. The van der Waals surface area contributed by atoms with Gasteiger partial charge in [0.2, 0.25) is 5.84 Å². The van der Waals surface area contributed by atoms with Crippen LogP contribution in [-0.2, 0) is 22.7 Å². The molecule has 1 saturated heterocycles. The van der Waals surface area contributed by atoms with Gasteiger partial charge in [-0.05, 0) is 62.0 Å². The van der Waals surface area contributed by atoms with E-state index in [1.54, 1.807) is 6.92 Å². The van der Waals surface area contributed by atoms with Crippen LogP contribution in [0.2, 0.25) is 0 Å². The van der Waals surface area contributed by atoms with Gasteiger partial charge in [-0.3, -0.25) is 19.9 Å². The summed E-state index contributed by atoms with van der Waals surface area (Å²) in [5.74, 6) is 0.432. The van der Waals surface area contributed by atoms with Crippen LogP contribution in [0.25, 0.3) is 0 Å². The average Bonchev–Trinajstić information content (AvgIpc) is 2.82. The van der Waals surface area contributed by atoms with Crippen LogP contribution in [0.1, 0.15) is 37.8 Å². The Hall–Kier alpha value is -3.19. The van der Waals surface area contributed by atoms with Gasteiger partial charge in [-0.25, -0.2) is 10.0 Å². The molecule has 2 amide bonds. The molecule has 0 spiro atoms. The summed E-state index contributed by atoms with van der Waals surface area (Å²) >= 11 is 0. The zero-order chi connectivity index (χ0) is 22.5. The topological polar surface area (TPSA) is 77.0 Å². The summed E-state index contributed by atoms with van der Waals surface area (Å²) in [6.45, 7) is 7.71. The minimum Gasteiger partial charge on any atom is -0.345 e. The first kappa shape index (κ1) is 22.0. The van der Waals surface area contributed by atoms with E-state index in [1.807, 2.05) is 30.3 Å². The highest BCUT2D eigenvalue weighted by Gasteiger charge is 2.30. The van der Waals surface area contributed by atoms with E-state index in [-0.39, 0.29) is 17.6 Å². The summed E-state index contributed by atoms with van der Waals surface area (Å²) in [5, 5.41) is 4.28. The third-order valence-electron chi connectivity index (χ3n) is 6.11. The van der Waals surface area contributed by atoms with Crippen LogP contribution in [0.3, 0.4) is 0 Å². The lowest BCUT2D eigenvalue weighted by Crippen LogP contribution is -2.57. The Morgan fingerprint density at radius 1 is 1.03 bits per heavy atom. The summed E-state index contributed by atoms with van der Waals surface area (Å²) in [4.78, 5) is 31.9. The zero-order valence-electron chi connectivity index (χ0n) is 18.8. The highest BCUT2D eigenvalue weighted by molar-refractivity contribution is 6.39. The number of hydrogen-bond acceptors (Lipinski definition) is 5. The van der Waals surface area contributed by atoms with Gasteiger partial charge in [0.05, 0.1) is 5.69 Å². The van der Waals surface area contributed by atoms with Crippen molar-refractivity contribution >= 4 is 23.3 Å². The minimum absolute atomic E-state index is 0.136. The second-order valence-corrected chi connectivity index (χ2v) is 8.73. The maximum atomic E-state index is 12.7. The third-order valence-corrected chi connectivity index (χ3v) is 6.11. The minimum atomic E-state index is -0.630. The second-order valence-electron chi connectivity index (χ2n) is 8.73. The first-order valence-corrected chi connectivity index (χ1v) is 11.3. The Labute approximate surface area is 189 Å². The van der Waals surface area contributed by atoms with E-state index in [1.165, 1.54) is 23.4 Å². The lowest BCUT2D eigenvalue weighted by atomic mass is 9.99. The number of para-hydroxylation sites is 1. The Kier molecular flexibility index (Phi) is 6.85. The number of likely N-dealkylation sites (tertiary alicyclic amines) is 1. The van der Waals surface area contributed by atoms with Gasteiger partial charge in [0.15, 0.2) is 0 Å². The molecule has 1 unspecified atom stereocenters. The van der Waals surface area contributed by atoms with Crippen molar-refractivity contribution < 1.29 is 9.59 Å². The number of piperidine rings is 1. The van der Waals surface area contributed by atoms with Crippen LogP contribution < -0.4 is 15.8 Å². The van der Waals surface area contributed by atoms with Crippen LogP contribution in [-0.4, -0.2) is 41.7 Å². The Bertz CT molecular complexity index is 966. The fourth-order valence-corrected chi connectivity index (χ4v) is 4.01. The van der Waals surface area contributed by atoms with E-state index < -0.39 is 6.04 Å². The van der Waals surface area contributed by atoms with Crippen LogP contribution >= 0.6 is 0 Å². The van der Waals surface area contributed by atoms with Gasteiger partial charge in [0.25, 0.3) is 11.8 Å². The summed E-state index contributed by atoms with van der Waals surface area (Å²) in [5.41, 5.74) is 5.84. The first-order valence-electron chi connectivity index (χ1n) is 11.3. The number of benzene rings is 2.